The lowest BCUT2D eigenvalue weighted by atomic mass is 10.2. The minimum Gasteiger partial charge on any atom is -0.492 e. The van der Waals surface area contributed by atoms with Crippen molar-refractivity contribution in [3.8, 4) is 5.75 Å². The van der Waals surface area contributed by atoms with E-state index in [1.165, 1.54) is 0 Å². The molecule has 0 aliphatic rings. The van der Waals surface area contributed by atoms with Crippen LogP contribution in [-0.4, -0.2) is 19.1 Å². The van der Waals surface area contributed by atoms with Gasteiger partial charge in [0.05, 0.1) is 12.1 Å². The summed E-state index contributed by atoms with van der Waals surface area (Å²) in [6, 6.07) is 9.56. The molecule has 0 spiro atoms. The van der Waals surface area contributed by atoms with Gasteiger partial charge in [-0.15, -0.1) is 0 Å². The summed E-state index contributed by atoms with van der Waals surface area (Å²) in [5, 5.41) is 3.09. The van der Waals surface area contributed by atoms with E-state index in [1.807, 2.05) is 0 Å². The second-order valence-electron chi connectivity index (χ2n) is 4.18. The van der Waals surface area contributed by atoms with Crippen LogP contribution < -0.4 is 10.1 Å². The third-order valence-electron chi connectivity index (χ3n) is 2.65. The van der Waals surface area contributed by atoms with Crippen LogP contribution in [0.15, 0.2) is 42.5 Å². The number of nitrogens with one attached hydrogen (secondary N) is 1. The van der Waals surface area contributed by atoms with Gasteiger partial charge in [0.1, 0.15) is 24.0 Å². The molecule has 110 valence electrons. The lowest BCUT2D eigenvalue weighted by Gasteiger charge is -2.08. The number of halogens is 3. The van der Waals surface area contributed by atoms with E-state index in [4.69, 9.17) is 16.3 Å². The molecule has 0 radical (unpaired) electrons. The summed E-state index contributed by atoms with van der Waals surface area (Å²) in [6.07, 6.45) is 0. The average molecular weight is 312 g/mol. The summed E-state index contributed by atoms with van der Waals surface area (Å²) in [4.78, 5) is 11.7. The zero-order valence-electron chi connectivity index (χ0n) is 10.9. The van der Waals surface area contributed by atoms with Gasteiger partial charge in [-0.2, -0.15) is 0 Å². The minimum absolute atomic E-state index is 0.193. The summed E-state index contributed by atoms with van der Waals surface area (Å²) < 4.78 is 31.5. The van der Waals surface area contributed by atoms with Gasteiger partial charge in [-0.1, -0.05) is 11.6 Å². The standard InChI is InChI=1S/C15H12ClF2NO2/c16-10-1-4-12(5-2-10)21-8-7-19-15(20)13-6-3-11(17)9-14(13)18/h1-6,9H,7-8H2,(H,19,20). The molecule has 0 bridgehead atoms. The van der Waals surface area contributed by atoms with E-state index in [-0.39, 0.29) is 18.7 Å². The van der Waals surface area contributed by atoms with Crippen molar-refractivity contribution in [2.24, 2.45) is 0 Å². The summed E-state index contributed by atoms with van der Waals surface area (Å²) in [7, 11) is 0. The molecule has 2 rings (SSSR count). The number of amides is 1. The Morgan fingerprint density at radius 3 is 2.52 bits per heavy atom. The fourth-order valence-electron chi connectivity index (χ4n) is 1.63. The van der Waals surface area contributed by atoms with Crippen molar-refractivity contribution in [3.05, 3.63) is 64.7 Å². The summed E-state index contributed by atoms with van der Waals surface area (Å²) in [6.45, 7) is 0.411. The molecular formula is C15H12ClF2NO2. The average Bonchev–Trinajstić information content (AvgIpc) is 2.45. The molecule has 0 saturated carbocycles. The summed E-state index contributed by atoms with van der Waals surface area (Å²) >= 11 is 5.73. The van der Waals surface area contributed by atoms with Crippen molar-refractivity contribution in [2.45, 2.75) is 0 Å². The lowest BCUT2D eigenvalue weighted by Crippen LogP contribution is -2.28. The molecule has 0 atom stereocenters. The molecule has 1 amide bonds. The molecule has 1 N–H and O–H groups in total. The number of rotatable bonds is 5. The van der Waals surface area contributed by atoms with Gasteiger partial charge in [-0.25, -0.2) is 8.78 Å². The number of ether oxygens (including phenoxy) is 1. The van der Waals surface area contributed by atoms with Gasteiger partial charge < -0.3 is 10.1 Å². The van der Waals surface area contributed by atoms with Crippen molar-refractivity contribution in [3.63, 3.8) is 0 Å². The van der Waals surface area contributed by atoms with Crippen LogP contribution in [0.4, 0.5) is 8.78 Å². The molecule has 0 aromatic heterocycles. The maximum Gasteiger partial charge on any atom is 0.254 e. The Kier molecular flexibility index (Phi) is 5.11. The van der Waals surface area contributed by atoms with Gasteiger partial charge in [0.25, 0.3) is 5.91 Å². The first-order chi connectivity index (χ1) is 10.1. The van der Waals surface area contributed by atoms with Crippen LogP contribution in [0.3, 0.4) is 0 Å². The van der Waals surface area contributed by atoms with E-state index >= 15 is 0 Å². The van der Waals surface area contributed by atoms with Gasteiger partial charge in [0, 0.05) is 11.1 Å². The molecule has 6 heteroatoms. The van der Waals surface area contributed by atoms with Crippen molar-refractivity contribution in [1.82, 2.24) is 5.32 Å². The predicted octanol–water partition coefficient (Wildman–Crippen LogP) is 3.43. The summed E-state index contributed by atoms with van der Waals surface area (Å²) in [5.41, 5.74) is -0.206. The summed E-state index contributed by atoms with van der Waals surface area (Å²) in [5.74, 6) is -1.63. The number of carbonyl (C=O) groups excluding carboxylic acids is 1. The highest BCUT2D eigenvalue weighted by atomic mass is 35.5. The molecule has 0 unspecified atom stereocenters. The van der Waals surface area contributed by atoms with E-state index in [9.17, 15) is 13.6 Å². The topological polar surface area (TPSA) is 38.3 Å². The van der Waals surface area contributed by atoms with Crippen LogP contribution in [0.1, 0.15) is 10.4 Å². The maximum absolute atomic E-state index is 13.4. The number of benzene rings is 2. The van der Waals surface area contributed by atoms with E-state index < -0.39 is 17.5 Å². The Hall–Kier alpha value is -2.14. The molecular weight excluding hydrogens is 300 g/mol. The number of hydrogen-bond donors (Lipinski definition) is 1. The van der Waals surface area contributed by atoms with Crippen molar-refractivity contribution in [1.29, 1.82) is 0 Å². The Morgan fingerprint density at radius 1 is 1.14 bits per heavy atom. The van der Waals surface area contributed by atoms with Crippen LogP contribution in [0.2, 0.25) is 5.02 Å². The number of hydrogen-bond acceptors (Lipinski definition) is 2. The molecule has 3 nitrogen and oxygen atoms in total. The first-order valence-corrected chi connectivity index (χ1v) is 6.55. The van der Waals surface area contributed by atoms with Gasteiger partial charge in [-0.05, 0) is 36.4 Å². The fourth-order valence-corrected chi connectivity index (χ4v) is 1.76. The molecule has 0 aliphatic carbocycles. The minimum atomic E-state index is -0.897. The van der Waals surface area contributed by atoms with Crippen LogP contribution in [-0.2, 0) is 0 Å². The Morgan fingerprint density at radius 2 is 1.86 bits per heavy atom. The van der Waals surface area contributed by atoms with Crippen molar-refractivity contribution >= 4 is 17.5 Å². The van der Waals surface area contributed by atoms with E-state index in [1.54, 1.807) is 24.3 Å². The third-order valence-corrected chi connectivity index (χ3v) is 2.90. The van der Waals surface area contributed by atoms with Gasteiger partial charge >= 0.3 is 0 Å². The highest BCUT2D eigenvalue weighted by Crippen LogP contribution is 2.15. The fraction of sp³-hybridized carbons (Fsp3) is 0.133. The second kappa shape index (κ2) is 7.04. The predicted molar refractivity (Wildman–Crippen MR) is 75.6 cm³/mol. The first kappa shape index (κ1) is 15.3. The van der Waals surface area contributed by atoms with Gasteiger partial charge in [0.15, 0.2) is 0 Å². The smallest absolute Gasteiger partial charge is 0.254 e. The van der Waals surface area contributed by atoms with Crippen LogP contribution in [0.25, 0.3) is 0 Å². The Bertz CT molecular complexity index is 632. The van der Waals surface area contributed by atoms with Gasteiger partial charge in [0.2, 0.25) is 0 Å². The zero-order valence-corrected chi connectivity index (χ0v) is 11.7. The van der Waals surface area contributed by atoms with Gasteiger partial charge in [-0.3, -0.25) is 4.79 Å². The highest BCUT2D eigenvalue weighted by Gasteiger charge is 2.11. The molecule has 21 heavy (non-hydrogen) atoms. The van der Waals surface area contributed by atoms with E-state index in [0.717, 1.165) is 12.1 Å². The maximum atomic E-state index is 13.4. The monoisotopic (exact) mass is 311 g/mol. The molecule has 0 saturated heterocycles. The van der Waals surface area contributed by atoms with Crippen LogP contribution >= 0.6 is 11.6 Å². The first-order valence-electron chi connectivity index (χ1n) is 6.18. The molecule has 2 aromatic carbocycles. The Balaban J connectivity index is 1.80. The van der Waals surface area contributed by atoms with Crippen molar-refractivity contribution < 1.29 is 18.3 Å². The highest BCUT2D eigenvalue weighted by molar-refractivity contribution is 6.30. The SMILES string of the molecule is O=C(NCCOc1ccc(Cl)cc1)c1ccc(F)cc1F. The second-order valence-corrected chi connectivity index (χ2v) is 4.62. The largest absolute Gasteiger partial charge is 0.492 e. The zero-order chi connectivity index (χ0) is 15.2. The molecule has 0 fully saturated rings. The quantitative estimate of drug-likeness (QED) is 0.859. The normalized spacial score (nSPS) is 10.2. The Labute approximate surface area is 125 Å². The molecule has 2 aromatic rings. The van der Waals surface area contributed by atoms with Crippen LogP contribution in [0.5, 0.6) is 5.75 Å². The van der Waals surface area contributed by atoms with E-state index in [2.05, 4.69) is 5.32 Å². The molecule has 0 heterocycles. The molecule has 0 aliphatic heterocycles. The number of carbonyl (C=O) groups is 1. The third kappa shape index (κ3) is 4.43. The van der Waals surface area contributed by atoms with Crippen LogP contribution in [0, 0.1) is 11.6 Å². The lowest BCUT2D eigenvalue weighted by molar-refractivity contribution is 0.0943. The van der Waals surface area contributed by atoms with E-state index in [0.29, 0.717) is 16.8 Å². The van der Waals surface area contributed by atoms with Crippen molar-refractivity contribution in [2.75, 3.05) is 13.2 Å².